The fourth-order valence-electron chi connectivity index (χ4n) is 3.63. The number of hydrogen-bond acceptors (Lipinski definition) is 4. The fraction of sp³-hybridized carbons (Fsp3) is 0.190. The normalized spacial score (nSPS) is 17.0. The summed E-state index contributed by atoms with van der Waals surface area (Å²) in [6.45, 7) is 2.13. The van der Waals surface area contributed by atoms with E-state index in [-0.39, 0.29) is 17.6 Å². The van der Waals surface area contributed by atoms with Gasteiger partial charge in [-0.2, -0.15) is 4.98 Å². The first-order valence-electron chi connectivity index (χ1n) is 9.06. The van der Waals surface area contributed by atoms with Gasteiger partial charge in [0, 0.05) is 41.8 Å². The van der Waals surface area contributed by atoms with E-state index in [1.54, 1.807) is 24.0 Å². The minimum absolute atomic E-state index is 0.0323. The largest absolute Gasteiger partial charge is 0.361 e. The molecule has 0 radical (unpaired) electrons. The molecule has 1 amide bonds. The molecular weight excluding hydrogens is 359 g/mol. The van der Waals surface area contributed by atoms with Gasteiger partial charge >= 0.3 is 0 Å². The number of fused-ring (bicyclic) bond motifs is 1. The van der Waals surface area contributed by atoms with Crippen LogP contribution in [0.5, 0.6) is 0 Å². The highest BCUT2D eigenvalue weighted by atomic mass is 19.1. The zero-order valence-electron chi connectivity index (χ0n) is 15.1. The number of carbonyl (C=O) groups excluding carboxylic acids is 1. The van der Waals surface area contributed by atoms with Gasteiger partial charge in [0.15, 0.2) is 5.82 Å². The van der Waals surface area contributed by atoms with Gasteiger partial charge < -0.3 is 14.4 Å². The zero-order chi connectivity index (χ0) is 19.3. The van der Waals surface area contributed by atoms with Crippen molar-refractivity contribution in [3.8, 4) is 11.5 Å². The van der Waals surface area contributed by atoms with Crippen molar-refractivity contribution in [2.24, 2.45) is 0 Å². The molecule has 1 unspecified atom stereocenters. The number of carbonyl (C=O) groups is 1. The Morgan fingerprint density at radius 2 is 2.11 bits per heavy atom. The summed E-state index contributed by atoms with van der Waals surface area (Å²) in [6.07, 6.45) is 2.18. The highest BCUT2D eigenvalue weighted by molar-refractivity contribution is 5.96. The Labute approximate surface area is 160 Å². The Morgan fingerprint density at radius 3 is 2.96 bits per heavy atom. The van der Waals surface area contributed by atoms with Crippen molar-refractivity contribution in [3.05, 3.63) is 65.9 Å². The summed E-state index contributed by atoms with van der Waals surface area (Å²) in [5.41, 5.74) is 3.01. The molecule has 28 heavy (non-hydrogen) atoms. The third kappa shape index (κ3) is 2.76. The van der Waals surface area contributed by atoms with Crippen LogP contribution in [-0.4, -0.2) is 27.6 Å². The minimum atomic E-state index is -0.284. The van der Waals surface area contributed by atoms with E-state index in [0.29, 0.717) is 35.9 Å². The molecule has 2 aromatic carbocycles. The summed E-state index contributed by atoms with van der Waals surface area (Å²) in [6, 6.07) is 12.6. The van der Waals surface area contributed by atoms with E-state index in [9.17, 15) is 9.18 Å². The number of anilines is 1. The lowest BCUT2D eigenvalue weighted by Gasteiger charge is -2.16. The highest BCUT2D eigenvalue weighted by Crippen LogP contribution is 2.32. The molecule has 1 atom stereocenters. The van der Waals surface area contributed by atoms with E-state index >= 15 is 0 Å². The number of aromatic nitrogens is 3. The molecule has 1 N–H and O–H groups in total. The number of amides is 1. The van der Waals surface area contributed by atoms with Gasteiger partial charge in [-0.3, -0.25) is 4.79 Å². The molecule has 3 heterocycles. The summed E-state index contributed by atoms with van der Waals surface area (Å²) in [5, 5.41) is 5.21. The molecule has 4 aromatic rings. The predicted molar refractivity (Wildman–Crippen MR) is 102 cm³/mol. The molecule has 1 saturated heterocycles. The maximum absolute atomic E-state index is 13.5. The number of nitrogens with zero attached hydrogens (tertiary/aromatic N) is 3. The second-order valence-corrected chi connectivity index (χ2v) is 7.08. The van der Waals surface area contributed by atoms with E-state index in [2.05, 4.69) is 15.1 Å². The summed E-state index contributed by atoms with van der Waals surface area (Å²) < 4.78 is 19.0. The highest BCUT2D eigenvalue weighted by Gasteiger charge is 2.34. The van der Waals surface area contributed by atoms with E-state index < -0.39 is 0 Å². The molecule has 1 aliphatic rings. The van der Waals surface area contributed by atoms with Gasteiger partial charge in [-0.15, -0.1) is 0 Å². The van der Waals surface area contributed by atoms with Crippen molar-refractivity contribution >= 4 is 22.5 Å². The van der Waals surface area contributed by atoms with Crippen LogP contribution in [0.2, 0.25) is 0 Å². The first-order chi connectivity index (χ1) is 13.6. The van der Waals surface area contributed by atoms with Crippen LogP contribution in [0.4, 0.5) is 10.1 Å². The minimum Gasteiger partial charge on any atom is -0.361 e. The maximum Gasteiger partial charge on any atom is 0.258 e. The van der Waals surface area contributed by atoms with Crippen LogP contribution in [0, 0.1) is 12.7 Å². The molecule has 7 heteroatoms. The van der Waals surface area contributed by atoms with Crippen LogP contribution in [0.15, 0.2) is 53.2 Å². The second-order valence-electron chi connectivity index (χ2n) is 7.08. The molecule has 0 saturated carbocycles. The van der Waals surface area contributed by atoms with Crippen LogP contribution in [0.25, 0.3) is 22.4 Å². The van der Waals surface area contributed by atoms with Crippen molar-refractivity contribution in [1.29, 1.82) is 0 Å². The molecule has 140 valence electrons. The van der Waals surface area contributed by atoms with E-state index in [0.717, 1.165) is 16.5 Å². The number of H-pyrrole nitrogens is 1. The standard InChI is InChI=1S/C21H17FN4O2/c1-12-8-16(4-5-17(12)22)26-11-15(10-19(26)27)20-24-21(28-25-20)14-3-2-13-6-7-23-18(13)9-14/h2-9,15,23H,10-11H2,1H3. The topological polar surface area (TPSA) is 75.0 Å². The van der Waals surface area contributed by atoms with Crippen molar-refractivity contribution < 1.29 is 13.7 Å². The lowest BCUT2D eigenvalue weighted by atomic mass is 10.1. The number of nitrogens with one attached hydrogen (secondary N) is 1. The summed E-state index contributed by atoms with van der Waals surface area (Å²) >= 11 is 0. The van der Waals surface area contributed by atoms with Gasteiger partial charge in [-0.1, -0.05) is 11.2 Å². The second kappa shape index (κ2) is 6.30. The third-order valence-electron chi connectivity index (χ3n) is 5.19. The van der Waals surface area contributed by atoms with Crippen molar-refractivity contribution in [1.82, 2.24) is 15.1 Å². The van der Waals surface area contributed by atoms with Gasteiger partial charge in [-0.25, -0.2) is 4.39 Å². The van der Waals surface area contributed by atoms with Gasteiger partial charge in [0.25, 0.3) is 5.89 Å². The Balaban J connectivity index is 1.40. The van der Waals surface area contributed by atoms with Crippen molar-refractivity contribution in [3.63, 3.8) is 0 Å². The first kappa shape index (κ1) is 16.7. The van der Waals surface area contributed by atoms with Gasteiger partial charge in [0.05, 0.1) is 0 Å². The van der Waals surface area contributed by atoms with Crippen LogP contribution < -0.4 is 4.90 Å². The molecule has 2 aromatic heterocycles. The van der Waals surface area contributed by atoms with Crippen LogP contribution >= 0.6 is 0 Å². The molecule has 6 nitrogen and oxygen atoms in total. The quantitative estimate of drug-likeness (QED) is 0.582. The molecule has 1 aliphatic heterocycles. The van der Waals surface area contributed by atoms with Crippen LogP contribution in [-0.2, 0) is 4.79 Å². The molecule has 0 spiro atoms. The Hall–Kier alpha value is -3.48. The SMILES string of the molecule is Cc1cc(N2CC(c3noc(-c4ccc5cc[nH]c5c4)n3)CC2=O)ccc1F. The summed E-state index contributed by atoms with van der Waals surface area (Å²) in [5.74, 6) is 0.458. The summed E-state index contributed by atoms with van der Waals surface area (Å²) in [7, 11) is 0. The number of benzene rings is 2. The van der Waals surface area contributed by atoms with E-state index in [1.807, 2.05) is 30.5 Å². The number of aryl methyl sites for hydroxylation is 1. The van der Waals surface area contributed by atoms with E-state index in [4.69, 9.17) is 4.52 Å². The molecule has 1 fully saturated rings. The Kier molecular flexibility index (Phi) is 3.75. The number of hydrogen-bond donors (Lipinski definition) is 1. The number of halogens is 1. The average Bonchev–Trinajstić information content (AvgIpc) is 3.42. The Bertz CT molecular complexity index is 1200. The van der Waals surface area contributed by atoms with Crippen LogP contribution in [0.3, 0.4) is 0 Å². The zero-order valence-corrected chi connectivity index (χ0v) is 15.1. The maximum atomic E-state index is 13.5. The Morgan fingerprint density at radius 1 is 1.21 bits per heavy atom. The molecule has 0 bridgehead atoms. The first-order valence-corrected chi connectivity index (χ1v) is 9.06. The predicted octanol–water partition coefficient (Wildman–Crippen LogP) is 4.19. The fourth-order valence-corrected chi connectivity index (χ4v) is 3.63. The smallest absolute Gasteiger partial charge is 0.258 e. The van der Waals surface area contributed by atoms with Gasteiger partial charge in [0.2, 0.25) is 5.91 Å². The summed E-state index contributed by atoms with van der Waals surface area (Å²) in [4.78, 5) is 21.8. The molecular formula is C21H17FN4O2. The van der Waals surface area contributed by atoms with Crippen LogP contribution in [0.1, 0.15) is 23.7 Å². The average molecular weight is 376 g/mol. The van der Waals surface area contributed by atoms with Gasteiger partial charge in [-0.05, 0) is 54.3 Å². The third-order valence-corrected chi connectivity index (χ3v) is 5.19. The molecule has 0 aliphatic carbocycles. The van der Waals surface area contributed by atoms with Crippen molar-refractivity contribution in [2.45, 2.75) is 19.3 Å². The van der Waals surface area contributed by atoms with Gasteiger partial charge in [0.1, 0.15) is 5.82 Å². The van der Waals surface area contributed by atoms with Crippen molar-refractivity contribution in [2.75, 3.05) is 11.4 Å². The number of aromatic amines is 1. The monoisotopic (exact) mass is 376 g/mol. The lowest BCUT2D eigenvalue weighted by molar-refractivity contribution is -0.117. The number of rotatable bonds is 3. The lowest BCUT2D eigenvalue weighted by Crippen LogP contribution is -2.24. The van der Waals surface area contributed by atoms with E-state index in [1.165, 1.54) is 6.07 Å². The molecule has 5 rings (SSSR count).